The molecule has 0 radical (unpaired) electrons. The van der Waals surface area contributed by atoms with Crippen molar-refractivity contribution in [3.05, 3.63) is 61.5 Å². The van der Waals surface area contributed by atoms with Gasteiger partial charge in [0.1, 0.15) is 4.83 Å². The Labute approximate surface area is 190 Å². The molecular formula is C22H16Cl2N2O4S. The molecule has 3 heterocycles. The summed E-state index contributed by atoms with van der Waals surface area (Å²) in [4.78, 5) is 45.9. The van der Waals surface area contributed by atoms with Crippen molar-refractivity contribution >= 4 is 66.7 Å². The lowest BCUT2D eigenvalue weighted by Gasteiger charge is -2.11. The number of hydrogen-bond donors (Lipinski definition) is 1. The number of hydrogen-bond acceptors (Lipinski definition) is 6. The first-order valence-electron chi connectivity index (χ1n) is 9.36. The van der Waals surface area contributed by atoms with E-state index in [9.17, 15) is 14.4 Å². The second kappa shape index (κ2) is 8.07. The number of aromatic amines is 1. The van der Waals surface area contributed by atoms with Gasteiger partial charge in [0, 0.05) is 26.9 Å². The molecule has 0 amide bonds. The van der Waals surface area contributed by atoms with Crippen LogP contribution in [0.1, 0.15) is 40.3 Å². The SMILES string of the molecule is CCOC(=O)c1cc(C)nc2sc3c(-c4ccc(Cl)cc4Cl)c(C(C)=O)c(=O)[nH]c3c12. The molecule has 0 saturated carbocycles. The molecule has 4 rings (SSSR count). The molecule has 0 saturated heterocycles. The van der Waals surface area contributed by atoms with Crippen LogP contribution >= 0.6 is 34.5 Å². The van der Waals surface area contributed by atoms with Gasteiger partial charge in [0.2, 0.25) is 0 Å². The number of benzene rings is 1. The fourth-order valence-electron chi connectivity index (χ4n) is 3.57. The maximum Gasteiger partial charge on any atom is 0.338 e. The van der Waals surface area contributed by atoms with Crippen LogP contribution in [0.15, 0.2) is 29.1 Å². The molecule has 4 aromatic rings. The molecule has 0 aliphatic carbocycles. The Bertz CT molecular complexity index is 1460. The minimum atomic E-state index is -0.573. The number of esters is 1. The van der Waals surface area contributed by atoms with E-state index in [1.807, 2.05) is 0 Å². The van der Waals surface area contributed by atoms with Crippen LogP contribution in [0.25, 0.3) is 31.6 Å². The minimum Gasteiger partial charge on any atom is -0.462 e. The second-order valence-corrected chi connectivity index (χ2v) is 8.75. The van der Waals surface area contributed by atoms with Crippen LogP contribution in [-0.4, -0.2) is 28.3 Å². The van der Waals surface area contributed by atoms with E-state index in [-0.39, 0.29) is 12.2 Å². The first-order valence-corrected chi connectivity index (χ1v) is 10.9. The molecule has 9 heteroatoms. The molecule has 158 valence electrons. The van der Waals surface area contributed by atoms with Crippen LogP contribution in [0.4, 0.5) is 0 Å². The summed E-state index contributed by atoms with van der Waals surface area (Å²) < 4.78 is 5.80. The number of nitrogens with one attached hydrogen (secondary N) is 1. The number of pyridine rings is 2. The number of nitrogens with zero attached hydrogens (tertiary/aromatic N) is 1. The van der Waals surface area contributed by atoms with E-state index in [2.05, 4.69) is 9.97 Å². The fourth-order valence-corrected chi connectivity index (χ4v) is 5.34. The molecule has 0 spiro atoms. The van der Waals surface area contributed by atoms with Crippen molar-refractivity contribution in [3.63, 3.8) is 0 Å². The monoisotopic (exact) mass is 474 g/mol. The summed E-state index contributed by atoms with van der Waals surface area (Å²) in [7, 11) is 0. The number of halogens is 2. The number of Topliss-reactive ketones (excluding diaryl/α,β-unsaturated/α-hetero) is 1. The Kier molecular flexibility index (Phi) is 5.60. The van der Waals surface area contributed by atoms with Crippen molar-refractivity contribution in [1.29, 1.82) is 0 Å². The molecule has 0 aliphatic heterocycles. The average molecular weight is 475 g/mol. The summed E-state index contributed by atoms with van der Waals surface area (Å²) in [6, 6.07) is 6.48. The summed E-state index contributed by atoms with van der Waals surface area (Å²) in [6.07, 6.45) is 0. The normalized spacial score (nSPS) is 11.3. The van der Waals surface area contributed by atoms with Gasteiger partial charge < -0.3 is 9.72 Å². The van der Waals surface area contributed by atoms with Crippen molar-refractivity contribution in [1.82, 2.24) is 9.97 Å². The number of ether oxygens (including phenoxy) is 1. The summed E-state index contributed by atoms with van der Waals surface area (Å²) in [5.41, 5.74) is 1.63. The third kappa shape index (κ3) is 3.63. The van der Waals surface area contributed by atoms with Crippen LogP contribution in [0, 0.1) is 6.92 Å². The predicted molar refractivity (Wildman–Crippen MR) is 124 cm³/mol. The average Bonchev–Trinajstić information content (AvgIpc) is 3.04. The van der Waals surface area contributed by atoms with Gasteiger partial charge in [-0.15, -0.1) is 11.3 Å². The van der Waals surface area contributed by atoms with Gasteiger partial charge in [-0.25, -0.2) is 9.78 Å². The summed E-state index contributed by atoms with van der Waals surface area (Å²) in [6.45, 7) is 5.02. The van der Waals surface area contributed by atoms with Gasteiger partial charge >= 0.3 is 5.97 Å². The largest absolute Gasteiger partial charge is 0.462 e. The third-order valence-corrected chi connectivity index (χ3v) is 6.43. The van der Waals surface area contributed by atoms with Gasteiger partial charge in [-0.1, -0.05) is 29.3 Å². The number of ketones is 1. The van der Waals surface area contributed by atoms with Crippen molar-refractivity contribution < 1.29 is 14.3 Å². The van der Waals surface area contributed by atoms with E-state index in [0.29, 0.717) is 52.9 Å². The van der Waals surface area contributed by atoms with E-state index in [1.165, 1.54) is 18.3 Å². The van der Waals surface area contributed by atoms with Gasteiger partial charge in [-0.2, -0.15) is 0 Å². The molecule has 31 heavy (non-hydrogen) atoms. The molecule has 0 atom stereocenters. The van der Waals surface area contributed by atoms with Gasteiger partial charge in [-0.05, 0) is 39.0 Å². The number of aromatic nitrogens is 2. The number of rotatable bonds is 4. The lowest BCUT2D eigenvalue weighted by atomic mass is 9.97. The van der Waals surface area contributed by atoms with Crippen LogP contribution in [0.3, 0.4) is 0 Å². The molecule has 3 aromatic heterocycles. The summed E-state index contributed by atoms with van der Waals surface area (Å²) >= 11 is 13.8. The van der Waals surface area contributed by atoms with E-state index in [0.717, 1.165) is 0 Å². The zero-order valence-electron chi connectivity index (χ0n) is 16.8. The summed E-state index contributed by atoms with van der Waals surface area (Å²) in [5.74, 6) is -0.920. The van der Waals surface area contributed by atoms with Crippen LogP contribution < -0.4 is 5.56 Å². The van der Waals surface area contributed by atoms with Crippen molar-refractivity contribution in [3.8, 4) is 11.1 Å². The highest BCUT2D eigenvalue weighted by atomic mass is 35.5. The highest BCUT2D eigenvalue weighted by molar-refractivity contribution is 7.26. The lowest BCUT2D eigenvalue weighted by Crippen LogP contribution is -2.18. The molecule has 0 fully saturated rings. The van der Waals surface area contributed by atoms with Crippen molar-refractivity contribution in [2.24, 2.45) is 0 Å². The van der Waals surface area contributed by atoms with E-state index < -0.39 is 17.3 Å². The Morgan fingerprint density at radius 1 is 1.23 bits per heavy atom. The van der Waals surface area contributed by atoms with Gasteiger partial charge in [-0.3, -0.25) is 9.59 Å². The third-order valence-electron chi connectivity index (χ3n) is 4.78. The Hall–Kier alpha value is -2.74. The molecular weight excluding hydrogens is 459 g/mol. The first-order chi connectivity index (χ1) is 14.7. The van der Waals surface area contributed by atoms with E-state index >= 15 is 0 Å². The highest BCUT2D eigenvalue weighted by Gasteiger charge is 2.25. The minimum absolute atomic E-state index is 0.0160. The lowest BCUT2D eigenvalue weighted by molar-refractivity contribution is 0.0528. The van der Waals surface area contributed by atoms with Crippen LogP contribution in [-0.2, 0) is 4.74 Å². The van der Waals surface area contributed by atoms with Gasteiger partial charge in [0.25, 0.3) is 5.56 Å². The highest BCUT2D eigenvalue weighted by Crippen LogP contribution is 2.42. The number of thiophene rings is 1. The fraction of sp³-hybridized carbons (Fsp3) is 0.182. The van der Waals surface area contributed by atoms with Gasteiger partial charge in [0.15, 0.2) is 5.78 Å². The number of carbonyl (C=O) groups is 2. The quantitative estimate of drug-likeness (QED) is 0.298. The molecule has 0 bridgehead atoms. The molecule has 6 nitrogen and oxygen atoms in total. The molecule has 0 unspecified atom stereocenters. The first kappa shape index (κ1) is 21.5. The van der Waals surface area contributed by atoms with Crippen LogP contribution in [0.2, 0.25) is 10.0 Å². The zero-order chi connectivity index (χ0) is 22.4. The predicted octanol–water partition coefficient (Wildman–Crippen LogP) is 5.80. The molecule has 1 N–H and O–H groups in total. The topological polar surface area (TPSA) is 89.1 Å². The summed E-state index contributed by atoms with van der Waals surface area (Å²) in [5, 5.41) is 1.20. The number of carbonyl (C=O) groups excluding carboxylic acids is 2. The maximum atomic E-state index is 13.0. The second-order valence-electron chi connectivity index (χ2n) is 6.90. The number of fused-ring (bicyclic) bond motifs is 3. The van der Waals surface area contributed by atoms with Crippen molar-refractivity contribution in [2.75, 3.05) is 6.61 Å². The smallest absolute Gasteiger partial charge is 0.338 e. The van der Waals surface area contributed by atoms with Gasteiger partial charge in [0.05, 0.1) is 33.3 Å². The standard InChI is InChI=1S/C22H16Cl2N2O4S/c1-4-30-22(29)13-7-9(2)25-21-17(13)18-19(31-21)16(15(10(3)27)20(28)26-18)12-6-5-11(23)8-14(12)24/h5-8H,4H2,1-3H3,(H,26,28). The Morgan fingerprint density at radius 3 is 2.61 bits per heavy atom. The van der Waals surface area contributed by atoms with Crippen LogP contribution in [0.5, 0.6) is 0 Å². The molecule has 1 aromatic carbocycles. The molecule has 0 aliphatic rings. The zero-order valence-corrected chi connectivity index (χ0v) is 19.1. The number of H-pyrrole nitrogens is 1. The van der Waals surface area contributed by atoms with E-state index in [4.69, 9.17) is 27.9 Å². The Balaban J connectivity index is 2.22. The Morgan fingerprint density at radius 2 is 1.97 bits per heavy atom. The maximum absolute atomic E-state index is 13.0. The number of aryl methyl sites for hydroxylation is 1. The van der Waals surface area contributed by atoms with E-state index in [1.54, 1.807) is 38.1 Å². The van der Waals surface area contributed by atoms with Crippen molar-refractivity contribution in [2.45, 2.75) is 20.8 Å².